The van der Waals surface area contributed by atoms with Crippen molar-refractivity contribution in [2.75, 3.05) is 5.73 Å². The molecule has 0 saturated carbocycles. The van der Waals surface area contributed by atoms with E-state index in [1.807, 2.05) is 0 Å². The standard InChI is InChI=1S/C14H15N5O/c1-9-3-5-10(6-4-9)7-12-17-14(20-18-12)11-8-16-19(2)13(11)15/h3-6,8H,7,15H2,1-2H3. The van der Waals surface area contributed by atoms with Gasteiger partial charge in [-0.25, -0.2) is 0 Å². The van der Waals surface area contributed by atoms with E-state index in [1.54, 1.807) is 17.9 Å². The molecular formula is C14H15N5O. The number of nitrogen functional groups attached to an aromatic ring is 1. The maximum absolute atomic E-state index is 5.89. The third-order valence-corrected chi connectivity index (χ3v) is 3.17. The van der Waals surface area contributed by atoms with Crippen LogP contribution in [0, 0.1) is 6.92 Å². The molecule has 0 spiro atoms. The minimum atomic E-state index is 0.401. The number of aryl methyl sites for hydroxylation is 2. The molecule has 0 aliphatic carbocycles. The highest BCUT2D eigenvalue weighted by Crippen LogP contribution is 2.23. The molecule has 0 fully saturated rings. The molecule has 6 nitrogen and oxygen atoms in total. The fraction of sp³-hybridized carbons (Fsp3) is 0.214. The van der Waals surface area contributed by atoms with Crippen molar-refractivity contribution in [1.82, 2.24) is 19.9 Å². The topological polar surface area (TPSA) is 82.8 Å². The van der Waals surface area contributed by atoms with Crippen LogP contribution < -0.4 is 5.73 Å². The Bertz CT molecular complexity index is 726. The normalized spacial score (nSPS) is 10.9. The van der Waals surface area contributed by atoms with E-state index >= 15 is 0 Å². The summed E-state index contributed by atoms with van der Waals surface area (Å²) in [7, 11) is 1.77. The molecular weight excluding hydrogens is 254 g/mol. The lowest BCUT2D eigenvalue weighted by Crippen LogP contribution is -1.98. The fourth-order valence-electron chi connectivity index (χ4n) is 1.94. The summed E-state index contributed by atoms with van der Waals surface area (Å²) in [5.74, 6) is 1.54. The molecule has 0 saturated heterocycles. The number of hydrogen-bond acceptors (Lipinski definition) is 5. The minimum Gasteiger partial charge on any atom is -0.383 e. The Morgan fingerprint density at radius 2 is 2.00 bits per heavy atom. The van der Waals surface area contributed by atoms with Crippen LogP contribution in [0.5, 0.6) is 0 Å². The molecule has 2 N–H and O–H groups in total. The van der Waals surface area contributed by atoms with Crippen molar-refractivity contribution in [3.63, 3.8) is 0 Å². The zero-order valence-corrected chi connectivity index (χ0v) is 11.4. The van der Waals surface area contributed by atoms with Crippen LogP contribution in [-0.4, -0.2) is 19.9 Å². The highest BCUT2D eigenvalue weighted by molar-refractivity contribution is 5.66. The molecule has 0 radical (unpaired) electrons. The van der Waals surface area contributed by atoms with Crippen LogP contribution in [0.3, 0.4) is 0 Å². The zero-order valence-electron chi connectivity index (χ0n) is 11.4. The van der Waals surface area contributed by atoms with Gasteiger partial charge in [-0.15, -0.1) is 0 Å². The molecule has 2 aromatic heterocycles. The minimum absolute atomic E-state index is 0.401. The van der Waals surface area contributed by atoms with Crippen molar-refractivity contribution in [3.05, 3.63) is 47.4 Å². The number of nitrogens with two attached hydrogens (primary N) is 1. The van der Waals surface area contributed by atoms with Gasteiger partial charge in [0.15, 0.2) is 5.82 Å². The number of rotatable bonds is 3. The summed E-state index contributed by atoms with van der Waals surface area (Å²) in [5.41, 5.74) is 8.92. The van der Waals surface area contributed by atoms with Crippen LogP contribution >= 0.6 is 0 Å². The van der Waals surface area contributed by atoms with E-state index in [-0.39, 0.29) is 0 Å². The second kappa shape index (κ2) is 4.80. The SMILES string of the molecule is Cc1ccc(Cc2noc(-c3cnn(C)c3N)n2)cc1. The number of benzene rings is 1. The molecule has 0 bridgehead atoms. The second-order valence-electron chi connectivity index (χ2n) is 4.75. The fourth-order valence-corrected chi connectivity index (χ4v) is 1.94. The lowest BCUT2D eigenvalue weighted by atomic mass is 10.1. The van der Waals surface area contributed by atoms with Gasteiger partial charge in [-0.2, -0.15) is 10.1 Å². The van der Waals surface area contributed by atoms with Gasteiger partial charge in [-0.3, -0.25) is 4.68 Å². The van der Waals surface area contributed by atoms with E-state index in [2.05, 4.69) is 46.4 Å². The third kappa shape index (κ3) is 2.27. The maximum Gasteiger partial charge on any atom is 0.263 e. The van der Waals surface area contributed by atoms with Crippen molar-refractivity contribution < 1.29 is 4.52 Å². The molecule has 3 rings (SSSR count). The Hall–Kier alpha value is -2.63. The van der Waals surface area contributed by atoms with Gasteiger partial charge in [0.25, 0.3) is 5.89 Å². The van der Waals surface area contributed by atoms with Crippen LogP contribution in [0.4, 0.5) is 5.82 Å². The van der Waals surface area contributed by atoms with E-state index in [4.69, 9.17) is 10.3 Å². The zero-order chi connectivity index (χ0) is 14.1. The Morgan fingerprint density at radius 3 is 2.65 bits per heavy atom. The summed E-state index contributed by atoms with van der Waals surface area (Å²) in [5, 5.41) is 8.04. The number of nitrogens with zero attached hydrogens (tertiary/aromatic N) is 4. The van der Waals surface area contributed by atoms with Gasteiger partial charge in [0, 0.05) is 13.5 Å². The summed E-state index contributed by atoms with van der Waals surface area (Å²) >= 11 is 0. The quantitative estimate of drug-likeness (QED) is 0.785. The molecule has 102 valence electrons. The molecule has 20 heavy (non-hydrogen) atoms. The second-order valence-corrected chi connectivity index (χ2v) is 4.75. The summed E-state index contributed by atoms with van der Waals surface area (Å²) in [6, 6.07) is 8.25. The van der Waals surface area contributed by atoms with E-state index in [1.165, 1.54) is 5.56 Å². The van der Waals surface area contributed by atoms with E-state index in [0.717, 1.165) is 5.56 Å². The molecule has 0 amide bonds. The lowest BCUT2D eigenvalue weighted by Gasteiger charge is -1.97. The average molecular weight is 269 g/mol. The summed E-state index contributed by atoms with van der Waals surface area (Å²) < 4.78 is 6.81. The number of aromatic nitrogens is 4. The van der Waals surface area contributed by atoms with Crippen LogP contribution in [0.1, 0.15) is 17.0 Å². The van der Waals surface area contributed by atoms with Crippen LogP contribution in [0.25, 0.3) is 11.5 Å². The van der Waals surface area contributed by atoms with Crippen LogP contribution in [0.2, 0.25) is 0 Å². The predicted octanol–water partition coefficient (Wildman–Crippen LogP) is 1.95. The van der Waals surface area contributed by atoms with Gasteiger partial charge in [0.05, 0.1) is 6.20 Å². The molecule has 0 aliphatic heterocycles. The first-order valence-electron chi connectivity index (χ1n) is 6.29. The van der Waals surface area contributed by atoms with Gasteiger partial charge in [-0.1, -0.05) is 35.0 Å². The Balaban J connectivity index is 1.83. The first kappa shape index (κ1) is 12.4. The highest BCUT2D eigenvalue weighted by Gasteiger charge is 2.15. The van der Waals surface area contributed by atoms with Crippen molar-refractivity contribution in [1.29, 1.82) is 0 Å². The number of hydrogen-bond donors (Lipinski definition) is 1. The monoisotopic (exact) mass is 269 g/mol. The lowest BCUT2D eigenvalue weighted by molar-refractivity contribution is 0.424. The van der Waals surface area contributed by atoms with E-state index in [0.29, 0.717) is 29.5 Å². The van der Waals surface area contributed by atoms with Crippen molar-refractivity contribution in [3.8, 4) is 11.5 Å². The smallest absolute Gasteiger partial charge is 0.263 e. The van der Waals surface area contributed by atoms with Gasteiger partial charge >= 0.3 is 0 Å². The van der Waals surface area contributed by atoms with Gasteiger partial charge in [0.2, 0.25) is 0 Å². The molecule has 3 aromatic rings. The number of anilines is 1. The van der Waals surface area contributed by atoms with E-state index in [9.17, 15) is 0 Å². The van der Waals surface area contributed by atoms with E-state index < -0.39 is 0 Å². The van der Waals surface area contributed by atoms with Crippen molar-refractivity contribution in [2.45, 2.75) is 13.3 Å². The maximum atomic E-state index is 5.89. The average Bonchev–Trinajstić information content (AvgIpc) is 3.01. The first-order valence-corrected chi connectivity index (χ1v) is 6.29. The Kier molecular flexibility index (Phi) is 2.98. The predicted molar refractivity (Wildman–Crippen MR) is 74.9 cm³/mol. The Labute approximate surface area is 116 Å². The first-order chi connectivity index (χ1) is 9.63. The summed E-state index contributed by atoms with van der Waals surface area (Å²) in [4.78, 5) is 4.36. The van der Waals surface area contributed by atoms with Gasteiger partial charge in [-0.05, 0) is 12.5 Å². The molecule has 1 aromatic carbocycles. The highest BCUT2D eigenvalue weighted by atomic mass is 16.5. The van der Waals surface area contributed by atoms with Crippen LogP contribution in [-0.2, 0) is 13.5 Å². The van der Waals surface area contributed by atoms with Crippen LogP contribution in [0.15, 0.2) is 35.0 Å². The van der Waals surface area contributed by atoms with Crippen molar-refractivity contribution >= 4 is 5.82 Å². The molecule has 6 heteroatoms. The molecule has 2 heterocycles. The molecule has 0 unspecified atom stereocenters. The van der Waals surface area contributed by atoms with Gasteiger partial charge < -0.3 is 10.3 Å². The summed E-state index contributed by atoms with van der Waals surface area (Å²) in [6.45, 7) is 2.06. The summed E-state index contributed by atoms with van der Waals surface area (Å²) in [6.07, 6.45) is 2.25. The third-order valence-electron chi connectivity index (χ3n) is 3.17. The molecule has 0 atom stereocenters. The largest absolute Gasteiger partial charge is 0.383 e. The van der Waals surface area contributed by atoms with Gasteiger partial charge in [0.1, 0.15) is 11.4 Å². The Morgan fingerprint density at radius 1 is 1.25 bits per heavy atom. The molecule has 0 aliphatic rings. The van der Waals surface area contributed by atoms with Crippen molar-refractivity contribution in [2.24, 2.45) is 7.05 Å².